The topological polar surface area (TPSA) is 30.5 Å². The van der Waals surface area contributed by atoms with E-state index in [1.165, 1.54) is 24.8 Å². The summed E-state index contributed by atoms with van der Waals surface area (Å²) in [5.74, 6) is 2.44. The Morgan fingerprint density at radius 2 is 1.86 bits per heavy atom. The van der Waals surface area contributed by atoms with Gasteiger partial charge in [-0.25, -0.2) is 0 Å². The highest BCUT2D eigenvalue weighted by atomic mass is 79.9. The molecule has 0 spiro atoms. The Labute approximate surface area is 137 Å². The molecule has 0 amide bonds. The Morgan fingerprint density at radius 3 is 2.48 bits per heavy atom. The fourth-order valence-corrected chi connectivity index (χ4v) is 3.00. The lowest BCUT2D eigenvalue weighted by molar-refractivity contribution is 0.385. The third-order valence-corrected chi connectivity index (χ3v) is 4.17. The van der Waals surface area contributed by atoms with Gasteiger partial charge < -0.3 is 14.8 Å². The predicted octanol–water partition coefficient (Wildman–Crippen LogP) is 4.42. The first-order valence-corrected chi connectivity index (χ1v) is 8.49. The standard InChI is InChI=1S/C17H28BrNO2/c1-13(2)12-19-11-7-5-6-8-14-9-10-15(20-3)16(18)17(14)21-4/h9-10,13,19H,5-8,11-12H2,1-4H3. The second-order valence-electron chi connectivity index (χ2n) is 5.68. The highest BCUT2D eigenvalue weighted by Gasteiger charge is 2.12. The predicted molar refractivity (Wildman–Crippen MR) is 92.5 cm³/mol. The smallest absolute Gasteiger partial charge is 0.139 e. The quantitative estimate of drug-likeness (QED) is 0.628. The van der Waals surface area contributed by atoms with Crippen LogP contribution >= 0.6 is 15.9 Å². The van der Waals surface area contributed by atoms with Crippen molar-refractivity contribution in [1.29, 1.82) is 0 Å². The molecule has 0 fully saturated rings. The molecule has 3 nitrogen and oxygen atoms in total. The van der Waals surface area contributed by atoms with Crippen molar-refractivity contribution in [3.63, 3.8) is 0 Å². The molecule has 0 aliphatic carbocycles. The van der Waals surface area contributed by atoms with Crippen LogP contribution in [0.5, 0.6) is 11.5 Å². The zero-order valence-electron chi connectivity index (χ0n) is 13.7. The molecule has 1 aromatic carbocycles. The number of rotatable bonds is 10. The molecule has 0 bridgehead atoms. The summed E-state index contributed by atoms with van der Waals surface area (Å²) in [4.78, 5) is 0. The minimum atomic E-state index is 0.728. The van der Waals surface area contributed by atoms with Crippen molar-refractivity contribution in [3.8, 4) is 11.5 Å². The van der Waals surface area contributed by atoms with Crippen molar-refractivity contribution in [1.82, 2.24) is 5.32 Å². The lowest BCUT2D eigenvalue weighted by Gasteiger charge is -2.13. The SMILES string of the molecule is COc1ccc(CCCCCNCC(C)C)c(OC)c1Br. The molecule has 0 atom stereocenters. The van der Waals surface area contributed by atoms with Crippen molar-refractivity contribution in [2.24, 2.45) is 5.92 Å². The largest absolute Gasteiger partial charge is 0.495 e. The highest BCUT2D eigenvalue weighted by molar-refractivity contribution is 9.10. The van der Waals surface area contributed by atoms with E-state index in [1.54, 1.807) is 14.2 Å². The molecular weight excluding hydrogens is 330 g/mol. The first kappa shape index (κ1) is 18.3. The number of ether oxygens (including phenoxy) is 2. The normalized spacial score (nSPS) is 11.0. The molecule has 0 saturated heterocycles. The van der Waals surface area contributed by atoms with Gasteiger partial charge in [0.2, 0.25) is 0 Å². The van der Waals surface area contributed by atoms with Crippen molar-refractivity contribution in [2.45, 2.75) is 39.5 Å². The molecule has 1 aromatic rings. The van der Waals surface area contributed by atoms with E-state index < -0.39 is 0 Å². The Hall–Kier alpha value is -0.740. The molecule has 0 aliphatic heterocycles. The van der Waals surface area contributed by atoms with Gasteiger partial charge in [-0.3, -0.25) is 0 Å². The maximum absolute atomic E-state index is 5.50. The number of halogens is 1. The van der Waals surface area contributed by atoms with E-state index in [2.05, 4.69) is 41.2 Å². The Kier molecular flexibility index (Phi) is 8.77. The van der Waals surface area contributed by atoms with E-state index in [1.807, 2.05) is 6.07 Å². The highest BCUT2D eigenvalue weighted by Crippen LogP contribution is 2.37. The molecule has 0 saturated carbocycles. The molecule has 120 valence electrons. The van der Waals surface area contributed by atoms with E-state index in [-0.39, 0.29) is 0 Å². The van der Waals surface area contributed by atoms with Gasteiger partial charge >= 0.3 is 0 Å². The van der Waals surface area contributed by atoms with Crippen LogP contribution in [0.2, 0.25) is 0 Å². The van der Waals surface area contributed by atoms with Crippen LogP contribution in [0.25, 0.3) is 0 Å². The second kappa shape index (κ2) is 10.1. The summed E-state index contributed by atoms with van der Waals surface area (Å²) in [5, 5.41) is 3.48. The number of benzene rings is 1. The van der Waals surface area contributed by atoms with Crippen molar-refractivity contribution >= 4 is 15.9 Å². The lowest BCUT2D eigenvalue weighted by atomic mass is 10.1. The molecule has 0 heterocycles. The average molecular weight is 358 g/mol. The average Bonchev–Trinajstić information content (AvgIpc) is 2.46. The fourth-order valence-electron chi connectivity index (χ4n) is 2.29. The monoisotopic (exact) mass is 357 g/mol. The van der Waals surface area contributed by atoms with Crippen LogP contribution in [0.15, 0.2) is 16.6 Å². The first-order chi connectivity index (χ1) is 10.1. The minimum Gasteiger partial charge on any atom is -0.495 e. The van der Waals surface area contributed by atoms with Gasteiger partial charge in [-0.2, -0.15) is 0 Å². The third-order valence-electron chi connectivity index (χ3n) is 3.42. The van der Waals surface area contributed by atoms with Gasteiger partial charge in [0.05, 0.1) is 14.2 Å². The molecule has 1 N–H and O–H groups in total. The van der Waals surface area contributed by atoms with Crippen LogP contribution in [0, 0.1) is 5.92 Å². The van der Waals surface area contributed by atoms with Gasteiger partial charge in [0.1, 0.15) is 16.0 Å². The van der Waals surface area contributed by atoms with Crippen LogP contribution in [0.3, 0.4) is 0 Å². The molecule has 21 heavy (non-hydrogen) atoms. The number of methoxy groups -OCH3 is 2. The van der Waals surface area contributed by atoms with E-state index in [9.17, 15) is 0 Å². The summed E-state index contributed by atoms with van der Waals surface area (Å²) < 4.78 is 11.7. The Balaban J connectivity index is 2.37. The molecule has 0 aliphatic rings. The molecule has 0 radical (unpaired) electrons. The van der Waals surface area contributed by atoms with E-state index in [0.717, 1.165) is 41.4 Å². The molecule has 0 aromatic heterocycles. The number of hydrogen-bond acceptors (Lipinski definition) is 3. The van der Waals surface area contributed by atoms with Crippen LogP contribution in [0.1, 0.15) is 38.7 Å². The summed E-state index contributed by atoms with van der Waals surface area (Å²) in [6, 6.07) is 4.09. The van der Waals surface area contributed by atoms with E-state index in [4.69, 9.17) is 9.47 Å². The third kappa shape index (κ3) is 6.27. The Bertz CT molecular complexity index is 421. The first-order valence-electron chi connectivity index (χ1n) is 7.70. The van der Waals surface area contributed by atoms with Crippen LogP contribution in [-0.4, -0.2) is 27.3 Å². The van der Waals surface area contributed by atoms with Crippen molar-refractivity contribution < 1.29 is 9.47 Å². The summed E-state index contributed by atoms with van der Waals surface area (Å²) >= 11 is 3.55. The number of unbranched alkanes of at least 4 members (excludes halogenated alkanes) is 2. The number of aryl methyl sites for hydroxylation is 1. The van der Waals surface area contributed by atoms with Gasteiger partial charge in [0, 0.05) is 0 Å². The lowest BCUT2D eigenvalue weighted by Crippen LogP contribution is -2.20. The van der Waals surface area contributed by atoms with E-state index >= 15 is 0 Å². The fraction of sp³-hybridized carbons (Fsp3) is 0.647. The van der Waals surface area contributed by atoms with Gasteiger partial charge in [-0.15, -0.1) is 0 Å². The van der Waals surface area contributed by atoms with Crippen molar-refractivity contribution in [2.75, 3.05) is 27.3 Å². The summed E-state index contributed by atoms with van der Waals surface area (Å²) in [7, 11) is 3.38. The van der Waals surface area contributed by atoms with E-state index in [0.29, 0.717) is 0 Å². The molecular formula is C17H28BrNO2. The number of nitrogens with one attached hydrogen (secondary N) is 1. The Morgan fingerprint density at radius 1 is 1.10 bits per heavy atom. The van der Waals surface area contributed by atoms with Gasteiger partial charge in [0.15, 0.2) is 0 Å². The number of hydrogen-bond donors (Lipinski definition) is 1. The summed E-state index contributed by atoms with van der Waals surface area (Å²) in [6.07, 6.45) is 4.68. The van der Waals surface area contributed by atoms with Crippen molar-refractivity contribution in [3.05, 3.63) is 22.2 Å². The van der Waals surface area contributed by atoms with Gasteiger partial charge in [0.25, 0.3) is 0 Å². The zero-order chi connectivity index (χ0) is 15.7. The molecule has 4 heteroatoms. The minimum absolute atomic E-state index is 0.728. The summed E-state index contributed by atoms with van der Waals surface area (Å²) in [6.45, 7) is 6.70. The van der Waals surface area contributed by atoms with Crippen LogP contribution < -0.4 is 14.8 Å². The van der Waals surface area contributed by atoms with Gasteiger partial charge in [-0.1, -0.05) is 26.3 Å². The molecule has 0 unspecified atom stereocenters. The maximum Gasteiger partial charge on any atom is 0.139 e. The van der Waals surface area contributed by atoms with Gasteiger partial charge in [-0.05, 0) is 65.8 Å². The maximum atomic E-state index is 5.50. The van der Waals surface area contributed by atoms with Crippen LogP contribution in [-0.2, 0) is 6.42 Å². The second-order valence-corrected chi connectivity index (χ2v) is 6.48. The molecule has 1 rings (SSSR count). The summed E-state index contributed by atoms with van der Waals surface area (Å²) in [5.41, 5.74) is 1.24. The zero-order valence-corrected chi connectivity index (χ0v) is 15.3. The van der Waals surface area contributed by atoms with Crippen LogP contribution in [0.4, 0.5) is 0 Å².